The molecule has 2 N–H and O–H groups in total. The van der Waals surface area contributed by atoms with Crippen LogP contribution in [0.2, 0.25) is 0 Å². The summed E-state index contributed by atoms with van der Waals surface area (Å²) >= 11 is 0. The molecule has 0 unspecified atom stereocenters. The Labute approximate surface area is 213 Å². The molecule has 3 rings (SSSR count). The summed E-state index contributed by atoms with van der Waals surface area (Å²) in [7, 11) is 8.75. The lowest BCUT2D eigenvalue weighted by molar-refractivity contribution is 0.393. The SMILES string of the molecule is CN=C(NCc1ccc(N(C)C)c(F)c1)NC1CCN(c2cc(OC)cc(OC)c2)CC1.I. The Morgan fingerprint density at radius 1 is 1.09 bits per heavy atom. The average molecular weight is 571 g/mol. The summed E-state index contributed by atoms with van der Waals surface area (Å²) in [6, 6.07) is 11.6. The molecule has 0 saturated carbocycles. The van der Waals surface area contributed by atoms with Gasteiger partial charge < -0.3 is 29.9 Å². The molecule has 0 atom stereocenters. The highest BCUT2D eigenvalue weighted by atomic mass is 127. The minimum atomic E-state index is -0.223. The largest absolute Gasteiger partial charge is 0.497 e. The predicted octanol–water partition coefficient (Wildman–Crippen LogP) is 3.86. The highest BCUT2D eigenvalue weighted by molar-refractivity contribution is 14.0. The van der Waals surface area contributed by atoms with Crippen LogP contribution in [0.3, 0.4) is 0 Å². The molecule has 182 valence electrons. The monoisotopic (exact) mass is 571 g/mol. The molecule has 1 aliphatic rings. The standard InChI is InChI=1S/C24H34FN5O2.HI/c1-26-24(27-16-17-6-7-23(29(2)3)22(25)12-17)28-18-8-10-30(11-9-18)19-13-20(31-4)15-21(14-19)32-5;/h6-7,12-15,18H,8-11,16H2,1-5H3,(H2,26,27,28);1H. The fourth-order valence-electron chi connectivity index (χ4n) is 3.85. The molecular weight excluding hydrogens is 536 g/mol. The molecule has 0 amide bonds. The first kappa shape index (κ1) is 26.8. The first-order chi connectivity index (χ1) is 15.4. The zero-order valence-corrected chi connectivity index (χ0v) is 22.4. The van der Waals surface area contributed by atoms with Crippen LogP contribution in [0.5, 0.6) is 11.5 Å². The van der Waals surface area contributed by atoms with Gasteiger partial charge in [-0.1, -0.05) is 6.07 Å². The van der Waals surface area contributed by atoms with Gasteiger partial charge in [0, 0.05) is 70.7 Å². The lowest BCUT2D eigenvalue weighted by Crippen LogP contribution is -2.48. The molecule has 1 aliphatic heterocycles. The Hall–Kier alpha value is -2.43. The number of hydrogen-bond donors (Lipinski definition) is 2. The quantitative estimate of drug-likeness (QED) is 0.299. The second-order valence-corrected chi connectivity index (χ2v) is 8.08. The predicted molar refractivity (Wildman–Crippen MR) is 144 cm³/mol. The van der Waals surface area contributed by atoms with Crippen molar-refractivity contribution in [3.63, 3.8) is 0 Å². The summed E-state index contributed by atoms with van der Waals surface area (Å²) in [5.74, 6) is 2.08. The number of hydrogen-bond acceptors (Lipinski definition) is 5. The van der Waals surface area contributed by atoms with Crippen LogP contribution < -0.4 is 29.9 Å². The maximum atomic E-state index is 14.2. The molecule has 2 aromatic carbocycles. The second kappa shape index (κ2) is 12.7. The van der Waals surface area contributed by atoms with Gasteiger partial charge in [-0.15, -0.1) is 24.0 Å². The Morgan fingerprint density at radius 3 is 2.24 bits per heavy atom. The molecule has 33 heavy (non-hydrogen) atoms. The van der Waals surface area contributed by atoms with E-state index in [1.54, 1.807) is 38.3 Å². The molecular formula is C24H35FIN5O2. The van der Waals surface area contributed by atoms with Crippen molar-refractivity contribution in [3.05, 3.63) is 47.8 Å². The van der Waals surface area contributed by atoms with E-state index in [0.717, 1.165) is 54.6 Å². The van der Waals surface area contributed by atoms with Gasteiger partial charge in [-0.3, -0.25) is 4.99 Å². The maximum absolute atomic E-state index is 14.2. The van der Waals surface area contributed by atoms with Crippen molar-refractivity contribution >= 4 is 41.3 Å². The number of halogens is 2. The summed E-state index contributed by atoms with van der Waals surface area (Å²) in [5.41, 5.74) is 2.56. The summed E-state index contributed by atoms with van der Waals surface area (Å²) < 4.78 is 25.0. The number of benzene rings is 2. The maximum Gasteiger partial charge on any atom is 0.191 e. The van der Waals surface area contributed by atoms with Gasteiger partial charge >= 0.3 is 0 Å². The molecule has 2 aromatic rings. The molecule has 9 heteroatoms. The summed E-state index contributed by atoms with van der Waals surface area (Å²) in [6.45, 7) is 2.34. The third-order valence-electron chi connectivity index (χ3n) is 5.71. The van der Waals surface area contributed by atoms with Crippen molar-refractivity contribution in [2.75, 3.05) is 58.3 Å². The normalized spacial score (nSPS) is 14.4. The van der Waals surface area contributed by atoms with E-state index < -0.39 is 0 Å². The van der Waals surface area contributed by atoms with E-state index in [9.17, 15) is 4.39 Å². The third kappa shape index (κ3) is 7.28. The minimum absolute atomic E-state index is 0. The van der Waals surface area contributed by atoms with E-state index in [0.29, 0.717) is 18.3 Å². The Kier molecular flexibility index (Phi) is 10.3. The summed E-state index contributed by atoms with van der Waals surface area (Å²) in [4.78, 5) is 8.44. The number of anilines is 2. The van der Waals surface area contributed by atoms with Crippen LogP contribution in [0, 0.1) is 5.82 Å². The first-order valence-corrected chi connectivity index (χ1v) is 10.8. The molecule has 0 bridgehead atoms. The Balaban J connectivity index is 0.00000385. The number of aliphatic imine (C=N–C) groups is 1. The average Bonchev–Trinajstić information content (AvgIpc) is 2.81. The van der Waals surface area contributed by atoms with Gasteiger partial charge in [0.05, 0.1) is 19.9 Å². The van der Waals surface area contributed by atoms with Gasteiger partial charge in [-0.25, -0.2) is 4.39 Å². The third-order valence-corrected chi connectivity index (χ3v) is 5.71. The van der Waals surface area contributed by atoms with E-state index in [1.165, 1.54) is 0 Å². The van der Waals surface area contributed by atoms with Crippen LogP contribution in [0.4, 0.5) is 15.8 Å². The molecule has 1 fully saturated rings. The number of methoxy groups -OCH3 is 2. The van der Waals surface area contributed by atoms with Gasteiger partial charge in [0.2, 0.25) is 0 Å². The number of guanidine groups is 1. The molecule has 1 saturated heterocycles. The van der Waals surface area contributed by atoms with Gasteiger partial charge in [-0.05, 0) is 30.5 Å². The van der Waals surface area contributed by atoms with E-state index >= 15 is 0 Å². The fourth-order valence-corrected chi connectivity index (χ4v) is 3.85. The molecule has 1 heterocycles. The molecule has 0 aromatic heterocycles. The first-order valence-electron chi connectivity index (χ1n) is 10.8. The van der Waals surface area contributed by atoms with Crippen LogP contribution >= 0.6 is 24.0 Å². The fraction of sp³-hybridized carbons (Fsp3) is 0.458. The number of piperidine rings is 1. The van der Waals surface area contributed by atoms with Crippen molar-refractivity contribution in [1.82, 2.24) is 10.6 Å². The van der Waals surface area contributed by atoms with Crippen LogP contribution in [-0.4, -0.2) is 60.5 Å². The van der Waals surface area contributed by atoms with E-state index in [1.807, 2.05) is 38.4 Å². The highest BCUT2D eigenvalue weighted by Gasteiger charge is 2.21. The van der Waals surface area contributed by atoms with Gasteiger partial charge in [-0.2, -0.15) is 0 Å². The number of ether oxygens (including phenoxy) is 2. The van der Waals surface area contributed by atoms with E-state index in [-0.39, 0.29) is 29.8 Å². The highest BCUT2D eigenvalue weighted by Crippen LogP contribution is 2.30. The van der Waals surface area contributed by atoms with Gasteiger partial charge in [0.1, 0.15) is 17.3 Å². The van der Waals surface area contributed by atoms with E-state index in [4.69, 9.17) is 9.47 Å². The topological polar surface area (TPSA) is 61.4 Å². The van der Waals surface area contributed by atoms with Gasteiger partial charge in [0.25, 0.3) is 0 Å². The van der Waals surface area contributed by atoms with Crippen molar-refractivity contribution in [3.8, 4) is 11.5 Å². The number of nitrogens with zero attached hydrogens (tertiary/aromatic N) is 3. The smallest absolute Gasteiger partial charge is 0.191 e. The van der Waals surface area contributed by atoms with Crippen molar-refractivity contribution in [2.45, 2.75) is 25.4 Å². The summed E-state index contributed by atoms with van der Waals surface area (Å²) in [5, 5.41) is 6.79. The van der Waals surface area contributed by atoms with Crippen molar-refractivity contribution in [1.29, 1.82) is 0 Å². The number of rotatable bonds is 7. The van der Waals surface area contributed by atoms with Crippen molar-refractivity contribution < 1.29 is 13.9 Å². The van der Waals surface area contributed by atoms with Crippen LogP contribution in [0.15, 0.2) is 41.4 Å². The zero-order valence-electron chi connectivity index (χ0n) is 20.0. The molecule has 0 radical (unpaired) electrons. The summed E-state index contributed by atoms with van der Waals surface area (Å²) in [6.07, 6.45) is 1.96. The second-order valence-electron chi connectivity index (χ2n) is 8.08. The molecule has 7 nitrogen and oxygen atoms in total. The van der Waals surface area contributed by atoms with Crippen LogP contribution in [0.1, 0.15) is 18.4 Å². The molecule has 0 spiro atoms. The van der Waals surface area contributed by atoms with Crippen LogP contribution in [-0.2, 0) is 6.54 Å². The van der Waals surface area contributed by atoms with Crippen molar-refractivity contribution in [2.24, 2.45) is 4.99 Å². The van der Waals surface area contributed by atoms with E-state index in [2.05, 4.69) is 20.5 Å². The lowest BCUT2D eigenvalue weighted by Gasteiger charge is -2.34. The Bertz CT molecular complexity index is 911. The minimum Gasteiger partial charge on any atom is -0.497 e. The van der Waals surface area contributed by atoms with Gasteiger partial charge in [0.15, 0.2) is 5.96 Å². The zero-order chi connectivity index (χ0) is 23.1. The Morgan fingerprint density at radius 2 is 1.73 bits per heavy atom. The van der Waals surface area contributed by atoms with Crippen LogP contribution in [0.25, 0.3) is 0 Å². The number of nitrogens with one attached hydrogen (secondary N) is 2. The lowest BCUT2D eigenvalue weighted by atomic mass is 10.0. The molecule has 0 aliphatic carbocycles.